The molecule has 6 nitrogen and oxygen atoms in total. The van der Waals surface area contributed by atoms with Gasteiger partial charge in [0, 0.05) is 24.5 Å². The molecule has 0 unspecified atom stereocenters. The Kier molecular flexibility index (Phi) is 7.63. The fraction of sp³-hybridized carbons (Fsp3) is 0.333. The first-order valence-corrected chi connectivity index (χ1v) is 7.33. The van der Waals surface area contributed by atoms with Gasteiger partial charge in [-0.25, -0.2) is 4.99 Å². The normalized spacial score (nSPS) is 11.0. The van der Waals surface area contributed by atoms with Crippen molar-refractivity contribution in [2.75, 3.05) is 12.4 Å². The van der Waals surface area contributed by atoms with Gasteiger partial charge in [0.15, 0.2) is 5.96 Å². The van der Waals surface area contributed by atoms with Crippen molar-refractivity contribution in [3.05, 3.63) is 40.7 Å². The predicted octanol–water partition coefficient (Wildman–Crippen LogP) is 3.19. The van der Waals surface area contributed by atoms with Crippen molar-refractivity contribution in [2.24, 2.45) is 17.8 Å². The van der Waals surface area contributed by atoms with Gasteiger partial charge in [0.05, 0.1) is 24.4 Å². The molecule has 0 saturated heterocycles. The number of guanidine groups is 1. The summed E-state index contributed by atoms with van der Waals surface area (Å²) < 4.78 is 6.90. The van der Waals surface area contributed by atoms with E-state index in [1.165, 1.54) is 0 Å². The highest BCUT2D eigenvalue weighted by Gasteiger charge is 2.06. The van der Waals surface area contributed by atoms with Gasteiger partial charge in [0.25, 0.3) is 0 Å². The standard InChI is InChI=1S/C15H20ClN5O.HI/c1-4-13-10(9-21(2)20-13)8-18-15(17)19-11-5-6-14(22-3)12(16)7-11;/h5-7,9H,4,8H2,1-3H3,(H3,17,18,19);1H. The van der Waals surface area contributed by atoms with Crippen molar-refractivity contribution >= 4 is 47.2 Å². The third-order valence-corrected chi connectivity index (χ3v) is 3.47. The number of hydrogen-bond donors (Lipinski definition) is 2. The van der Waals surface area contributed by atoms with Gasteiger partial charge in [-0.1, -0.05) is 18.5 Å². The molecule has 23 heavy (non-hydrogen) atoms. The summed E-state index contributed by atoms with van der Waals surface area (Å²) in [6.07, 6.45) is 2.83. The predicted molar refractivity (Wildman–Crippen MR) is 105 cm³/mol. The monoisotopic (exact) mass is 449 g/mol. The molecule has 0 bridgehead atoms. The third kappa shape index (κ3) is 5.28. The molecule has 2 aromatic rings. The molecule has 0 radical (unpaired) electrons. The first-order valence-electron chi connectivity index (χ1n) is 6.95. The van der Waals surface area contributed by atoms with E-state index >= 15 is 0 Å². The van der Waals surface area contributed by atoms with Crippen LogP contribution in [0.15, 0.2) is 29.4 Å². The number of anilines is 1. The number of aromatic nitrogens is 2. The summed E-state index contributed by atoms with van der Waals surface area (Å²) in [5, 5.41) is 7.90. The minimum atomic E-state index is 0. The number of benzene rings is 1. The Morgan fingerprint density at radius 1 is 1.48 bits per heavy atom. The van der Waals surface area contributed by atoms with Crippen molar-refractivity contribution in [3.63, 3.8) is 0 Å². The van der Waals surface area contributed by atoms with Crippen molar-refractivity contribution < 1.29 is 4.74 Å². The molecule has 126 valence electrons. The molecule has 1 aromatic carbocycles. The number of aryl methyl sites for hydroxylation is 2. The summed E-state index contributed by atoms with van der Waals surface area (Å²) in [5.41, 5.74) is 8.77. The molecule has 0 aliphatic rings. The van der Waals surface area contributed by atoms with Gasteiger partial charge in [0.2, 0.25) is 0 Å². The fourth-order valence-corrected chi connectivity index (χ4v) is 2.37. The van der Waals surface area contributed by atoms with Gasteiger partial charge < -0.3 is 15.8 Å². The van der Waals surface area contributed by atoms with E-state index in [0.29, 0.717) is 23.3 Å². The minimum absolute atomic E-state index is 0. The summed E-state index contributed by atoms with van der Waals surface area (Å²) >= 11 is 6.07. The lowest BCUT2D eigenvalue weighted by molar-refractivity contribution is 0.415. The zero-order valence-electron chi connectivity index (χ0n) is 13.3. The van der Waals surface area contributed by atoms with Crippen LogP contribution in [0.3, 0.4) is 0 Å². The highest BCUT2D eigenvalue weighted by Crippen LogP contribution is 2.27. The highest BCUT2D eigenvalue weighted by atomic mass is 127. The second-order valence-corrected chi connectivity index (χ2v) is 5.21. The van der Waals surface area contributed by atoms with E-state index in [9.17, 15) is 0 Å². The maximum absolute atomic E-state index is 6.07. The van der Waals surface area contributed by atoms with Crippen LogP contribution in [0.25, 0.3) is 0 Å². The minimum Gasteiger partial charge on any atom is -0.495 e. The lowest BCUT2D eigenvalue weighted by Gasteiger charge is -2.08. The van der Waals surface area contributed by atoms with Crippen LogP contribution in [0, 0.1) is 0 Å². The van der Waals surface area contributed by atoms with Gasteiger partial charge in [0.1, 0.15) is 5.75 Å². The number of rotatable bonds is 5. The van der Waals surface area contributed by atoms with Gasteiger partial charge in [-0.2, -0.15) is 5.10 Å². The molecule has 2 rings (SSSR count). The van der Waals surface area contributed by atoms with Crippen molar-refractivity contribution in [2.45, 2.75) is 19.9 Å². The van der Waals surface area contributed by atoms with E-state index < -0.39 is 0 Å². The van der Waals surface area contributed by atoms with Gasteiger partial charge in [-0.05, 0) is 24.6 Å². The van der Waals surface area contributed by atoms with Crippen LogP contribution in [-0.2, 0) is 20.0 Å². The summed E-state index contributed by atoms with van der Waals surface area (Å²) in [6, 6.07) is 5.34. The van der Waals surface area contributed by atoms with Crippen LogP contribution >= 0.6 is 35.6 Å². The lowest BCUT2D eigenvalue weighted by Crippen LogP contribution is -2.22. The average Bonchev–Trinajstić information content (AvgIpc) is 2.85. The Morgan fingerprint density at radius 2 is 2.22 bits per heavy atom. The largest absolute Gasteiger partial charge is 0.495 e. The summed E-state index contributed by atoms with van der Waals surface area (Å²) in [7, 11) is 3.47. The maximum atomic E-state index is 6.07. The number of nitrogens with zero attached hydrogens (tertiary/aromatic N) is 3. The van der Waals surface area contributed by atoms with Gasteiger partial charge in [-0.15, -0.1) is 24.0 Å². The van der Waals surface area contributed by atoms with Gasteiger partial charge in [-0.3, -0.25) is 4.68 Å². The molecule has 0 amide bonds. The van der Waals surface area contributed by atoms with Crippen LogP contribution in [0.4, 0.5) is 5.69 Å². The lowest BCUT2D eigenvalue weighted by atomic mass is 10.2. The van der Waals surface area contributed by atoms with E-state index in [2.05, 4.69) is 22.3 Å². The Bertz CT molecular complexity index is 687. The third-order valence-electron chi connectivity index (χ3n) is 3.17. The molecule has 0 saturated carbocycles. The van der Waals surface area contributed by atoms with Crippen LogP contribution in [0.5, 0.6) is 5.75 Å². The number of nitrogens with two attached hydrogens (primary N) is 1. The molecule has 0 aliphatic carbocycles. The summed E-state index contributed by atoms with van der Waals surface area (Å²) in [5.74, 6) is 0.942. The van der Waals surface area contributed by atoms with E-state index in [1.807, 2.05) is 19.3 Å². The van der Waals surface area contributed by atoms with E-state index in [4.69, 9.17) is 22.1 Å². The molecule has 0 fully saturated rings. The first kappa shape index (κ1) is 19.6. The highest BCUT2D eigenvalue weighted by molar-refractivity contribution is 14.0. The second-order valence-electron chi connectivity index (χ2n) is 4.80. The SMILES string of the molecule is CCc1nn(C)cc1CN=C(N)Nc1ccc(OC)c(Cl)c1.I. The molecule has 8 heteroatoms. The molecule has 0 spiro atoms. The summed E-state index contributed by atoms with van der Waals surface area (Å²) in [4.78, 5) is 4.34. The van der Waals surface area contributed by atoms with Crippen LogP contribution in [-0.4, -0.2) is 22.8 Å². The number of aliphatic imine (C=N–C) groups is 1. The number of nitrogens with one attached hydrogen (secondary N) is 1. The van der Waals surface area contributed by atoms with Crippen molar-refractivity contribution in [1.29, 1.82) is 0 Å². The first-order chi connectivity index (χ1) is 10.5. The maximum Gasteiger partial charge on any atom is 0.193 e. The Labute approximate surface area is 158 Å². The van der Waals surface area contributed by atoms with Crippen molar-refractivity contribution in [1.82, 2.24) is 9.78 Å². The quantitative estimate of drug-likeness (QED) is 0.417. The Morgan fingerprint density at radius 3 is 2.83 bits per heavy atom. The number of hydrogen-bond acceptors (Lipinski definition) is 3. The fourth-order valence-electron chi connectivity index (χ4n) is 2.12. The van der Waals surface area contributed by atoms with Crippen LogP contribution in [0.2, 0.25) is 5.02 Å². The zero-order chi connectivity index (χ0) is 16.1. The average molecular weight is 450 g/mol. The Balaban J connectivity index is 0.00000264. The molecule has 0 atom stereocenters. The molecule has 1 aromatic heterocycles. The molecule has 0 aliphatic heterocycles. The second kappa shape index (κ2) is 8.97. The van der Waals surface area contributed by atoms with Crippen LogP contribution < -0.4 is 15.8 Å². The summed E-state index contributed by atoms with van der Waals surface area (Å²) in [6.45, 7) is 2.55. The molecular weight excluding hydrogens is 429 g/mol. The zero-order valence-corrected chi connectivity index (χ0v) is 16.4. The van der Waals surface area contributed by atoms with Crippen LogP contribution in [0.1, 0.15) is 18.2 Å². The number of methoxy groups -OCH3 is 1. The molecular formula is C15H21ClIN5O. The number of halogens is 2. The number of ether oxygens (including phenoxy) is 1. The molecule has 1 heterocycles. The molecule has 3 N–H and O–H groups in total. The van der Waals surface area contributed by atoms with Gasteiger partial charge >= 0.3 is 0 Å². The Hall–Kier alpha value is -1.48. The smallest absolute Gasteiger partial charge is 0.193 e. The van der Waals surface area contributed by atoms with Crippen molar-refractivity contribution in [3.8, 4) is 5.75 Å². The van der Waals surface area contributed by atoms with E-state index in [0.717, 1.165) is 23.4 Å². The van der Waals surface area contributed by atoms with E-state index in [1.54, 1.807) is 23.9 Å². The topological polar surface area (TPSA) is 77.5 Å². The van der Waals surface area contributed by atoms with E-state index in [-0.39, 0.29) is 24.0 Å².